The third-order valence-corrected chi connectivity index (χ3v) is 9.26. The van der Waals surface area contributed by atoms with E-state index in [0.717, 1.165) is 21.5 Å². The van der Waals surface area contributed by atoms with Crippen LogP contribution in [0.2, 0.25) is 0 Å². The van der Waals surface area contributed by atoms with Crippen molar-refractivity contribution in [2.75, 3.05) is 0 Å². The highest BCUT2D eigenvalue weighted by Crippen LogP contribution is 2.40. The van der Waals surface area contributed by atoms with E-state index in [1.54, 1.807) is 12.1 Å². The number of furan rings is 3. The Kier molecular flexibility index (Phi) is 4.74. The molecule has 238 valence electrons. The second-order valence-electron chi connectivity index (χ2n) is 12.3. The molecule has 0 saturated heterocycles. The maximum Gasteiger partial charge on any atom is 0.167 e. The Morgan fingerprint density at radius 3 is 1.92 bits per heavy atom. The highest BCUT2D eigenvalue weighted by Gasteiger charge is 2.19. The van der Waals surface area contributed by atoms with Crippen LogP contribution in [0.3, 0.4) is 0 Å². The van der Waals surface area contributed by atoms with Crippen LogP contribution in [0.1, 0.15) is 8.22 Å². The Bertz CT molecular complexity index is 3500. The summed E-state index contributed by atoms with van der Waals surface area (Å²) in [6.45, 7) is 0. The van der Waals surface area contributed by atoms with E-state index in [-0.39, 0.29) is 86.8 Å². The maximum atomic E-state index is 9.54. The fraction of sp³-hybridized carbons (Fsp3) is 0. The van der Waals surface area contributed by atoms with Gasteiger partial charge in [0.15, 0.2) is 17.5 Å². The first-order valence-electron chi connectivity index (χ1n) is 19.4. The highest BCUT2D eigenvalue weighted by molar-refractivity contribution is 6.12. The van der Waals surface area contributed by atoms with Crippen LogP contribution >= 0.6 is 0 Å². The van der Waals surface area contributed by atoms with Gasteiger partial charge in [-0.2, -0.15) is 0 Å². The summed E-state index contributed by atoms with van der Waals surface area (Å²) in [5.41, 5.74) is 4.39. The van der Waals surface area contributed by atoms with Gasteiger partial charge in [0.05, 0.1) is 13.8 Å². The minimum atomic E-state index is -0.374. The van der Waals surface area contributed by atoms with Gasteiger partial charge in [0.1, 0.15) is 33.5 Å². The number of aromatic nitrogens is 3. The van der Waals surface area contributed by atoms with E-state index in [0.29, 0.717) is 39.0 Å². The molecule has 0 amide bonds. The van der Waals surface area contributed by atoms with Crippen molar-refractivity contribution in [1.82, 2.24) is 15.0 Å². The second kappa shape index (κ2) is 10.7. The van der Waals surface area contributed by atoms with E-state index in [1.807, 2.05) is 103 Å². The van der Waals surface area contributed by atoms with Crippen molar-refractivity contribution in [3.05, 3.63) is 152 Å². The number of fused-ring (bicyclic) bond motifs is 9. The number of benzene rings is 7. The smallest absolute Gasteiger partial charge is 0.167 e. The molecular weight excluding hydrogens is 631 g/mol. The monoisotopic (exact) mass is 661 g/mol. The molecule has 0 fully saturated rings. The largest absolute Gasteiger partial charge is 0.456 e. The third-order valence-electron chi connectivity index (χ3n) is 9.26. The summed E-state index contributed by atoms with van der Waals surface area (Å²) in [7, 11) is 0. The molecule has 6 nitrogen and oxygen atoms in total. The summed E-state index contributed by atoms with van der Waals surface area (Å²) >= 11 is 0. The van der Waals surface area contributed by atoms with Crippen molar-refractivity contribution < 1.29 is 21.5 Å². The molecule has 51 heavy (non-hydrogen) atoms. The van der Waals surface area contributed by atoms with Crippen molar-refractivity contribution in [3.63, 3.8) is 0 Å². The second-order valence-corrected chi connectivity index (χ2v) is 12.3. The molecule has 0 radical (unpaired) electrons. The van der Waals surface area contributed by atoms with Crippen LogP contribution < -0.4 is 0 Å². The molecule has 11 aromatic rings. The van der Waals surface area contributed by atoms with Crippen molar-refractivity contribution in [2.24, 2.45) is 0 Å². The summed E-state index contributed by atoms with van der Waals surface area (Å²) in [4.78, 5) is 14.5. The molecule has 0 aliphatic carbocycles. The molecule has 11 rings (SSSR count). The van der Waals surface area contributed by atoms with E-state index < -0.39 is 0 Å². The molecule has 4 heterocycles. The summed E-state index contributed by atoms with van der Waals surface area (Å²) in [5, 5.41) is 3.70. The van der Waals surface area contributed by atoms with Crippen LogP contribution in [-0.4, -0.2) is 15.0 Å². The van der Waals surface area contributed by atoms with Gasteiger partial charge in [0.25, 0.3) is 0 Å². The summed E-state index contributed by atoms with van der Waals surface area (Å²) in [6.07, 6.45) is 0. The topological polar surface area (TPSA) is 78.1 Å². The lowest BCUT2D eigenvalue weighted by Gasteiger charge is -2.08. The summed E-state index contributed by atoms with van der Waals surface area (Å²) < 4.78 is 73.9. The van der Waals surface area contributed by atoms with Gasteiger partial charge in [-0.1, -0.05) is 109 Å². The molecule has 0 saturated carbocycles. The molecule has 0 N–H and O–H groups in total. The molecule has 0 aliphatic heterocycles. The Labute approximate surface area is 298 Å². The fourth-order valence-electron chi connectivity index (χ4n) is 6.86. The molecule has 0 aliphatic rings. The molecule has 7 aromatic carbocycles. The van der Waals surface area contributed by atoms with Gasteiger partial charge in [-0.15, -0.1) is 0 Å². The average molecular weight is 662 g/mol. The van der Waals surface area contributed by atoms with E-state index in [2.05, 4.69) is 0 Å². The Morgan fingerprint density at radius 1 is 0.392 bits per heavy atom. The highest BCUT2D eigenvalue weighted by atomic mass is 16.3. The first-order chi connectivity index (χ1) is 27.8. The third kappa shape index (κ3) is 4.33. The maximum absolute atomic E-state index is 9.54. The standard InChI is InChI=1S/C45H25N3O3/c1-2-10-26(11-3-1)43-46-44(48-45(47-43)36-17-9-16-34-31-13-5-7-19-38(31)50-42(34)36)28-21-23-33-35-15-8-14-29(41(35)51-40(33)25-28)27-20-22-32-30-12-4-6-18-37(30)49-39(32)24-27/h1-25H/i8D,14D,15D,21D,23D,25D. The molecule has 4 aromatic heterocycles. The van der Waals surface area contributed by atoms with Crippen molar-refractivity contribution in [3.8, 4) is 45.3 Å². The van der Waals surface area contributed by atoms with Gasteiger partial charge in [-0.05, 0) is 48.0 Å². The Hall–Kier alpha value is -7.05. The van der Waals surface area contributed by atoms with Crippen molar-refractivity contribution in [1.29, 1.82) is 0 Å². The summed E-state index contributed by atoms with van der Waals surface area (Å²) in [6, 6.07) is 33.9. The van der Waals surface area contributed by atoms with E-state index in [4.69, 9.17) is 32.3 Å². The van der Waals surface area contributed by atoms with E-state index >= 15 is 0 Å². The van der Waals surface area contributed by atoms with Crippen LogP contribution in [0.15, 0.2) is 165 Å². The lowest BCUT2D eigenvalue weighted by molar-refractivity contribution is 0.668. The zero-order valence-corrected chi connectivity index (χ0v) is 26.5. The molecule has 0 bridgehead atoms. The van der Waals surface area contributed by atoms with E-state index in [1.165, 1.54) is 0 Å². The van der Waals surface area contributed by atoms with E-state index in [9.17, 15) is 4.11 Å². The zero-order chi connectivity index (χ0) is 38.7. The first-order valence-corrected chi connectivity index (χ1v) is 16.4. The zero-order valence-electron chi connectivity index (χ0n) is 32.5. The number of hydrogen-bond acceptors (Lipinski definition) is 6. The minimum absolute atomic E-state index is 0.0259. The van der Waals surface area contributed by atoms with Crippen LogP contribution in [0.5, 0.6) is 0 Å². The van der Waals surface area contributed by atoms with Crippen LogP contribution in [-0.2, 0) is 0 Å². The molecule has 0 unspecified atom stereocenters. The number of hydrogen-bond donors (Lipinski definition) is 0. The summed E-state index contributed by atoms with van der Waals surface area (Å²) in [5.74, 6) is 0.503. The van der Waals surface area contributed by atoms with Crippen LogP contribution in [0, 0.1) is 0 Å². The fourth-order valence-corrected chi connectivity index (χ4v) is 6.86. The first kappa shape index (κ1) is 22.6. The van der Waals surface area contributed by atoms with Gasteiger partial charge in [-0.3, -0.25) is 0 Å². The molecular formula is C45H25N3O3. The van der Waals surface area contributed by atoms with Gasteiger partial charge in [0, 0.05) is 49.0 Å². The van der Waals surface area contributed by atoms with Crippen molar-refractivity contribution >= 4 is 65.8 Å². The predicted molar refractivity (Wildman–Crippen MR) is 203 cm³/mol. The van der Waals surface area contributed by atoms with Gasteiger partial charge in [0.2, 0.25) is 0 Å². The lowest BCUT2D eigenvalue weighted by Crippen LogP contribution is -2.00. The van der Waals surface area contributed by atoms with Gasteiger partial charge >= 0.3 is 0 Å². The molecule has 0 spiro atoms. The minimum Gasteiger partial charge on any atom is -0.456 e. The van der Waals surface area contributed by atoms with Gasteiger partial charge < -0.3 is 13.3 Å². The van der Waals surface area contributed by atoms with Crippen molar-refractivity contribution in [2.45, 2.75) is 0 Å². The Balaban J connectivity index is 1.17. The quantitative estimate of drug-likeness (QED) is 0.187. The lowest BCUT2D eigenvalue weighted by atomic mass is 10.0. The number of nitrogens with zero attached hydrogens (tertiary/aromatic N) is 3. The van der Waals surface area contributed by atoms with Crippen LogP contribution in [0.4, 0.5) is 0 Å². The number of para-hydroxylation sites is 4. The normalized spacial score (nSPS) is 13.6. The predicted octanol–water partition coefficient (Wildman–Crippen LogP) is 12.2. The van der Waals surface area contributed by atoms with Crippen LogP contribution in [0.25, 0.3) is 111 Å². The SMILES string of the molecule is [2H]c1c([2H])c([2H])c2c(oc3c([2H])c(-c4nc(-c5ccccc5)nc(-c5cccc6c5oc5ccccc56)n4)c([2H])c([2H])c32)c1-c1ccc2c(c1)oc1ccccc12. The van der Waals surface area contributed by atoms with Gasteiger partial charge in [-0.25, -0.2) is 15.0 Å². The molecule has 0 atom stereocenters. The molecule has 6 heteroatoms. The number of rotatable bonds is 4. The average Bonchev–Trinajstić information content (AvgIpc) is 3.94. The Morgan fingerprint density at radius 2 is 1.06 bits per heavy atom.